The van der Waals surface area contributed by atoms with E-state index in [-0.39, 0.29) is 0 Å². The van der Waals surface area contributed by atoms with Crippen LogP contribution in [0.4, 0.5) is 0 Å². The van der Waals surface area contributed by atoms with Gasteiger partial charge in [-0.15, -0.1) is 0 Å². The third-order valence-corrected chi connectivity index (χ3v) is 4.14. The first-order valence-electron chi connectivity index (χ1n) is 6.41. The van der Waals surface area contributed by atoms with Crippen LogP contribution >= 0.6 is 15.9 Å². The van der Waals surface area contributed by atoms with Crippen molar-refractivity contribution in [1.29, 1.82) is 0 Å². The van der Waals surface area contributed by atoms with Crippen LogP contribution < -0.4 is 5.32 Å². The Labute approximate surface area is 111 Å². The third kappa shape index (κ3) is 2.69. The van der Waals surface area contributed by atoms with Gasteiger partial charge in [-0.25, -0.2) is 0 Å². The van der Waals surface area contributed by atoms with Crippen LogP contribution in [-0.2, 0) is 0 Å². The molecule has 1 saturated carbocycles. The van der Waals surface area contributed by atoms with E-state index in [0.29, 0.717) is 6.04 Å². The van der Waals surface area contributed by atoms with Crippen molar-refractivity contribution in [1.82, 2.24) is 15.2 Å². The van der Waals surface area contributed by atoms with E-state index in [1.807, 2.05) is 6.20 Å². The molecule has 1 saturated heterocycles. The van der Waals surface area contributed by atoms with Gasteiger partial charge in [0.2, 0.25) is 0 Å². The van der Waals surface area contributed by atoms with Gasteiger partial charge < -0.3 is 5.32 Å². The van der Waals surface area contributed by atoms with Gasteiger partial charge in [0, 0.05) is 36.8 Å². The van der Waals surface area contributed by atoms with Crippen LogP contribution in [0.3, 0.4) is 0 Å². The summed E-state index contributed by atoms with van der Waals surface area (Å²) in [5, 5.41) is 3.42. The Morgan fingerprint density at radius 3 is 2.65 bits per heavy atom. The number of piperazine rings is 1. The molecule has 3 nitrogen and oxygen atoms in total. The van der Waals surface area contributed by atoms with Crippen molar-refractivity contribution in [2.75, 3.05) is 26.2 Å². The number of hydrogen-bond acceptors (Lipinski definition) is 3. The molecule has 2 aliphatic rings. The summed E-state index contributed by atoms with van der Waals surface area (Å²) in [5.41, 5.74) is 1.25. The van der Waals surface area contributed by atoms with Gasteiger partial charge in [0.25, 0.3) is 0 Å². The molecule has 1 aliphatic heterocycles. The highest BCUT2D eigenvalue weighted by atomic mass is 79.9. The molecule has 0 radical (unpaired) electrons. The molecule has 0 unspecified atom stereocenters. The second kappa shape index (κ2) is 5.04. The van der Waals surface area contributed by atoms with E-state index in [1.54, 1.807) is 0 Å². The lowest BCUT2D eigenvalue weighted by molar-refractivity contribution is 0.153. The third-order valence-electron chi connectivity index (χ3n) is 3.67. The van der Waals surface area contributed by atoms with Gasteiger partial charge in [-0.05, 0) is 46.8 Å². The van der Waals surface area contributed by atoms with Gasteiger partial charge >= 0.3 is 0 Å². The van der Waals surface area contributed by atoms with Gasteiger partial charge in [-0.1, -0.05) is 0 Å². The Morgan fingerprint density at radius 2 is 2.06 bits per heavy atom. The van der Waals surface area contributed by atoms with E-state index in [0.717, 1.165) is 36.6 Å². The summed E-state index contributed by atoms with van der Waals surface area (Å²) in [4.78, 5) is 7.21. The standard InChI is InChI=1S/C13H18BrN3/c14-11-3-4-12(16-9-11)13(10-1-2-10)17-7-5-15-6-8-17/h3-4,9-10,13,15H,1-2,5-8H2/t13-/m1/s1. The molecule has 1 aromatic heterocycles. The molecule has 0 amide bonds. The van der Waals surface area contributed by atoms with Crippen LogP contribution in [0.5, 0.6) is 0 Å². The fourth-order valence-electron chi connectivity index (χ4n) is 2.66. The first-order valence-corrected chi connectivity index (χ1v) is 7.20. The first-order chi connectivity index (χ1) is 8.34. The molecule has 0 bridgehead atoms. The average molecular weight is 296 g/mol. The van der Waals surface area contributed by atoms with Crippen LogP contribution in [0.1, 0.15) is 24.6 Å². The number of halogens is 1. The summed E-state index contributed by atoms with van der Waals surface area (Å²) in [6.07, 6.45) is 4.66. The minimum atomic E-state index is 0.546. The Kier molecular flexibility index (Phi) is 3.45. The number of rotatable bonds is 3. The fraction of sp³-hybridized carbons (Fsp3) is 0.615. The maximum Gasteiger partial charge on any atom is 0.0579 e. The molecule has 2 fully saturated rings. The second-order valence-electron chi connectivity index (χ2n) is 4.97. The Hall–Kier alpha value is -0.450. The van der Waals surface area contributed by atoms with Gasteiger partial charge in [0.15, 0.2) is 0 Å². The lowest BCUT2D eigenvalue weighted by Crippen LogP contribution is -2.45. The van der Waals surface area contributed by atoms with Crippen LogP contribution in [0.2, 0.25) is 0 Å². The molecule has 4 heteroatoms. The zero-order chi connectivity index (χ0) is 11.7. The summed E-state index contributed by atoms with van der Waals surface area (Å²) >= 11 is 3.46. The molecule has 3 rings (SSSR count). The molecule has 1 N–H and O–H groups in total. The number of nitrogens with one attached hydrogen (secondary N) is 1. The van der Waals surface area contributed by atoms with E-state index >= 15 is 0 Å². The number of aromatic nitrogens is 1. The summed E-state index contributed by atoms with van der Waals surface area (Å²) in [6, 6.07) is 4.83. The SMILES string of the molecule is Brc1ccc([C@@H](C2CC2)N2CCNCC2)nc1. The normalized spacial score (nSPS) is 23.6. The number of nitrogens with zero attached hydrogens (tertiary/aromatic N) is 2. The van der Waals surface area contributed by atoms with Crippen LogP contribution in [0.25, 0.3) is 0 Å². The quantitative estimate of drug-likeness (QED) is 0.927. The molecule has 2 heterocycles. The molecule has 1 aromatic rings. The van der Waals surface area contributed by atoms with Crippen molar-refractivity contribution in [3.8, 4) is 0 Å². The van der Waals surface area contributed by atoms with Crippen LogP contribution in [-0.4, -0.2) is 36.1 Å². The molecule has 1 aliphatic carbocycles. The fourth-order valence-corrected chi connectivity index (χ4v) is 2.90. The number of hydrogen-bond donors (Lipinski definition) is 1. The van der Waals surface area contributed by atoms with Crippen molar-refractivity contribution in [2.45, 2.75) is 18.9 Å². The van der Waals surface area contributed by atoms with Crippen molar-refractivity contribution in [2.24, 2.45) is 5.92 Å². The Bertz CT molecular complexity index is 369. The predicted octanol–water partition coefficient (Wildman–Crippen LogP) is 2.20. The predicted molar refractivity (Wildman–Crippen MR) is 71.8 cm³/mol. The first kappa shape index (κ1) is 11.6. The molecule has 92 valence electrons. The smallest absolute Gasteiger partial charge is 0.0579 e. The van der Waals surface area contributed by atoms with Gasteiger partial charge in [-0.3, -0.25) is 9.88 Å². The minimum absolute atomic E-state index is 0.546. The van der Waals surface area contributed by atoms with Crippen LogP contribution in [0.15, 0.2) is 22.8 Å². The zero-order valence-electron chi connectivity index (χ0n) is 9.90. The Morgan fingerprint density at radius 1 is 1.29 bits per heavy atom. The zero-order valence-corrected chi connectivity index (χ0v) is 11.5. The van der Waals surface area contributed by atoms with E-state index in [9.17, 15) is 0 Å². The summed E-state index contributed by atoms with van der Waals surface area (Å²) in [5.74, 6) is 0.835. The van der Waals surface area contributed by atoms with Gasteiger partial charge in [-0.2, -0.15) is 0 Å². The summed E-state index contributed by atoms with van der Waals surface area (Å²) in [6.45, 7) is 4.53. The average Bonchev–Trinajstić information content (AvgIpc) is 3.18. The molecular weight excluding hydrogens is 278 g/mol. The molecule has 0 aromatic carbocycles. The minimum Gasteiger partial charge on any atom is -0.314 e. The highest BCUT2D eigenvalue weighted by Crippen LogP contribution is 2.44. The van der Waals surface area contributed by atoms with E-state index < -0.39 is 0 Å². The van der Waals surface area contributed by atoms with Crippen molar-refractivity contribution in [3.05, 3.63) is 28.5 Å². The second-order valence-corrected chi connectivity index (χ2v) is 5.89. The largest absolute Gasteiger partial charge is 0.314 e. The molecular formula is C13H18BrN3. The molecule has 1 atom stereocenters. The van der Waals surface area contributed by atoms with E-state index in [2.05, 4.69) is 43.3 Å². The number of pyridine rings is 1. The lowest BCUT2D eigenvalue weighted by Gasteiger charge is -2.34. The van der Waals surface area contributed by atoms with E-state index in [1.165, 1.54) is 18.5 Å². The van der Waals surface area contributed by atoms with Crippen molar-refractivity contribution >= 4 is 15.9 Å². The highest BCUT2D eigenvalue weighted by Gasteiger charge is 2.37. The maximum atomic E-state index is 4.61. The maximum absolute atomic E-state index is 4.61. The van der Waals surface area contributed by atoms with Crippen molar-refractivity contribution in [3.63, 3.8) is 0 Å². The van der Waals surface area contributed by atoms with Crippen molar-refractivity contribution < 1.29 is 0 Å². The molecule has 17 heavy (non-hydrogen) atoms. The highest BCUT2D eigenvalue weighted by molar-refractivity contribution is 9.10. The van der Waals surface area contributed by atoms with Crippen LogP contribution in [0, 0.1) is 5.92 Å². The molecule has 0 spiro atoms. The monoisotopic (exact) mass is 295 g/mol. The summed E-state index contributed by atoms with van der Waals surface area (Å²) < 4.78 is 1.07. The van der Waals surface area contributed by atoms with Gasteiger partial charge in [0.05, 0.1) is 11.7 Å². The van der Waals surface area contributed by atoms with E-state index in [4.69, 9.17) is 0 Å². The Balaban J connectivity index is 1.81. The lowest BCUT2D eigenvalue weighted by atomic mass is 10.1. The summed E-state index contributed by atoms with van der Waals surface area (Å²) in [7, 11) is 0. The topological polar surface area (TPSA) is 28.2 Å². The van der Waals surface area contributed by atoms with Gasteiger partial charge in [0.1, 0.15) is 0 Å².